The summed E-state index contributed by atoms with van der Waals surface area (Å²) in [5.41, 5.74) is -0.708. The van der Waals surface area contributed by atoms with Crippen molar-refractivity contribution in [2.75, 3.05) is 7.11 Å². The first-order valence-electron chi connectivity index (χ1n) is 9.73. The standard InChI is InChI=1S/C24H16F3NO5S/c1-32-19-10-9-17(23(28-19)24(25,26)27)22-21(16-8-5-14(29)12-18(16)34-22)33-15-6-2-13(3-7-15)4-11-20(30)31/h2-12,29H,1H3,(H,30,31)/b11-4+. The summed E-state index contributed by atoms with van der Waals surface area (Å²) in [6.07, 6.45) is -2.36. The quantitative estimate of drug-likeness (QED) is 0.299. The van der Waals surface area contributed by atoms with Crippen LogP contribution in [-0.4, -0.2) is 28.3 Å². The van der Waals surface area contributed by atoms with Crippen molar-refractivity contribution >= 4 is 33.5 Å². The Kier molecular flexibility index (Phi) is 6.16. The van der Waals surface area contributed by atoms with Crippen LogP contribution >= 0.6 is 11.3 Å². The van der Waals surface area contributed by atoms with Gasteiger partial charge in [-0.25, -0.2) is 9.78 Å². The zero-order valence-corrected chi connectivity index (χ0v) is 18.3. The topological polar surface area (TPSA) is 88.9 Å². The van der Waals surface area contributed by atoms with Crippen LogP contribution in [-0.2, 0) is 11.0 Å². The Balaban J connectivity index is 1.85. The van der Waals surface area contributed by atoms with E-state index in [0.29, 0.717) is 21.4 Å². The zero-order chi connectivity index (χ0) is 24.5. The number of carboxylic acid groups (broad SMARTS) is 1. The Labute approximate surface area is 195 Å². The molecule has 0 fully saturated rings. The molecule has 0 aliphatic heterocycles. The van der Waals surface area contributed by atoms with Crippen molar-refractivity contribution in [2.45, 2.75) is 6.18 Å². The summed E-state index contributed by atoms with van der Waals surface area (Å²) in [7, 11) is 1.23. The Hall–Kier alpha value is -4.05. The second-order valence-corrected chi connectivity index (χ2v) is 8.08. The van der Waals surface area contributed by atoms with Gasteiger partial charge >= 0.3 is 12.1 Å². The number of rotatable bonds is 6. The van der Waals surface area contributed by atoms with E-state index >= 15 is 0 Å². The molecule has 2 aromatic heterocycles. The summed E-state index contributed by atoms with van der Waals surface area (Å²) in [6.45, 7) is 0. The molecule has 0 bridgehead atoms. The van der Waals surface area contributed by atoms with Crippen LogP contribution in [0.5, 0.6) is 23.1 Å². The lowest BCUT2D eigenvalue weighted by molar-refractivity contribution is -0.140. The molecule has 0 unspecified atom stereocenters. The fourth-order valence-electron chi connectivity index (χ4n) is 3.23. The maximum absolute atomic E-state index is 13.9. The second-order valence-electron chi connectivity index (χ2n) is 7.03. The Morgan fingerprint density at radius 3 is 2.47 bits per heavy atom. The van der Waals surface area contributed by atoms with E-state index in [-0.39, 0.29) is 27.8 Å². The molecule has 4 rings (SSSR count). The van der Waals surface area contributed by atoms with E-state index in [0.717, 1.165) is 17.4 Å². The van der Waals surface area contributed by atoms with Gasteiger partial charge in [0.15, 0.2) is 11.4 Å². The summed E-state index contributed by atoms with van der Waals surface area (Å²) >= 11 is 1.03. The van der Waals surface area contributed by atoms with Crippen molar-refractivity contribution in [3.05, 3.63) is 71.9 Å². The number of carboxylic acids is 1. The largest absolute Gasteiger partial charge is 0.508 e. The molecule has 0 aliphatic rings. The minimum Gasteiger partial charge on any atom is -0.508 e. The van der Waals surface area contributed by atoms with Crippen LogP contribution in [0.1, 0.15) is 11.3 Å². The van der Waals surface area contributed by atoms with Gasteiger partial charge in [-0.3, -0.25) is 0 Å². The van der Waals surface area contributed by atoms with Gasteiger partial charge in [0.1, 0.15) is 11.5 Å². The van der Waals surface area contributed by atoms with Gasteiger partial charge in [-0.1, -0.05) is 12.1 Å². The van der Waals surface area contributed by atoms with Gasteiger partial charge in [0.05, 0.1) is 12.0 Å². The third-order valence-corrected chi connectivity index (χ3v) is 5.91. The predicted molar refractivity (Wildman–Crippen MR) is 121 cm³/mol. The summed E-state index contributed by atoms with van der Waals surface area (Å²) in [5, 5.41) is 19.1. The smallest absolute Gasteiger partial charge is 0.434 e. The number of halogens is 3. The van der Waals surface area contributed by atoms with Crippen molar-refractivity contribution < 1.29 is 37.7 Å². The van der Waals surface area contributed by atoms with Crippen LogP contribution in [0.4, 0.5) is 13.2 Å². The van der Waals surface area contributed by atoms with Gasteiger partial charge in [0.2, 0.25) is 5.88 Å². The molecular weight excluding hydrogens is 471 g/mol. The average molecular weight is 487 g/mol. The van der Waals surface area contributed by atoms with Crippen molar-refractivity contribution in [3.8, 4) is 33.6 Å². The van der Waals surface area contributed by atoms with Gasteiger partial charge in [0, 0.05) is 27.8 Å². The predicted octanol–water partition coefficient (Wildman–Crippen LogP) is 6.59. The highest BCUT2D eigenvalue weighted by Gasteiger charge is 2.37. The minimum atomic E-state index is -4.75. The lowest BCUT2D eigenvalue weighted by Gasteiger charge is -2.14. The number of benzene rings is 2. The molecule has 2 N–H and O–H groups in total. The fourth-order valence-corrected chi connectivity index (χ4v) is 4.42. The highest BCUT2D eigenvalue weighted by molar-refractivity contribution is 7.22. The number of phenols is 1. The molecule has 4 aromatic rings. The molecule has 0 saturated heterocycles. The Bertz CT molecular complexity index is 1390. The van der Waals surface area contributed by atoms with Crippen LogP contribution < -0.4 is 9.47 Å². The highest BCUT2D eigenvalue weighted by Crippen LogP contribution is 2.50. The third kappa shape index (κ3) is 4.81. The molecule has 174 valence electrons. The van der Waals surface area contributed by atoms with Gasteiger partial charge in [-0.15, -0.1) is 11.3 Å². The fraction of sp³-hybridized carbons (Fsp3) is 0.0833. The maximum Gasteiger partial charge on any atom is 0.434 e. The molecule has 6 nitrogen and oxygen atoms in total. The number of nitrogens with zero attached hydrogens (tertiary/aromatic N) is 1. The number of aliphatic carboxylic acids is 1. The molecule has 2 heterocycles. The SMILES string of the molecule is COc1ccc(-c2sc3cc(O)ccc3c2Oc2ccc(/C=C/C(=O)O)cc2)c(C(F)(F)F)n1. The van der Waals surface area contributed by atoms with E-state index in [9.17, 15) is 23.1 Å². The van der Waals surface area contributed by atoms with Crippen molar-refractivity contribution in [1.82, 2.24) is 4.98 Å². The van der Waals surface area contributed by atoms with E-state index in [1.165, 1.54) is 37.5 Å². The number of methoxy groups -OCH3 is 1. The van der Waals surface area contributed by atoms with E-state index < -0.39 is 17.8 Å². The number of fused-ring (bicyclic) bond motifs is 1. The molecule has 0 spiro atoms. The van der Waals surface area contributed by atoms with Gasteiger partial charge in [-0.2, -0.15) is 13.2 Å². The van der Waals surface area contributed by atoms with Crippen molar-refractivity contribution in [1.29, 1.82) is 0 Å². The van der Waals surface area contributed by atoms with Crippen molar-refractivity contribution in [3.63, 3.8) is 0 Å². The number of aromatic hydroxyl groups is 1. The first-order chi connectivity index (χ1) is 16.2. The number of thiophene rings is 1. The summed E-state index contributed by atoms with van der Waals surface area (Å²) in [6, 6.07) is 13.4. The number of hydrogen-bond donors (Lipinski definition) is 2. The second kappa shape index (κ2) is 9.06. The summed E-state index contributed by atoms with van der Waals surface area (Å²) in [5.74, 6) is -0.804. The number of aromatic nitrogens is 1. The van der Waals surface area contributed by atoms with Crippen molar-refractivity contribution in [2.24, 2.45) is 0 Å². The van der Waals surface area contributed by atoms with E-state index in [4.69, 9.17) is 14.6 Å². The Morgan fingerprint density at radius 1 is 1.09 bits per heavy atom. The van der Waals surface area contributed by atoms with Gasteiger partial charge < -0.3 is 19.7 Å². The molecule has 0 radical (unpaired) electrons. The molecule has 0 aliphatic carbocycles. The Morgan fingerprint density at radius 2 is 1.82 bits per heavy atom. The lowest BCUT2D eigenvalue weighted by Crippen LogP contribution is -2.10. The zero-order valence-electron chi connectivity index (χ0n) is 17.5. The number of phenolic OH excluding ortho intramolecular Hbond substituents is 1. The van der Waals surface area contributed by atoms with Gasteiger partial charge in [-0.05, 0) is 48.0 Å². The molecule has 10 heteroatoms. The first-order valence-corrected chi connectivity index (χ1v) is 10.5. The van der Waals surface area contributed by atoms with E-state index in [1.54, 1.807) is 30.3 Å². The van der Waals surface area contributed by atoms with Crippen LogP contribution in [0.15, 0.2) is 60.7 Å². The number of pyridine rings is 1. The molecule has 34 heavy (non-hydrogen) atoms. The molecule has 0 amide bonds. The first kappa shape index (κ1) is 23.1. The molecule has 0 atom stereocenters. The van der Waals surface area contributed by atoms with Crippen LogP contribution in [0, 0.1) is 0 Å². The lowest BCUT2D eigenvalue weighted by atomic mass is 10.1. The number of hydrogen-bond acceptors (Lipinski definition) is 6. The molecule has 2 aromatic carbocycles. The maximum atomic E-state index is 13.9. The molecule has 0 saturated carbocycles. The summed E-state index contributed by atoms with van der Waals surface area (Å²) < 4.78 is 53.0. The van der Waals surface area contributed by atoms with Gasteiger partial charge in [0.25, 0.3) is 0 Å². The summed E-state index contributed by atoms with van der Waals surface area (Å²) in [4.78, 5) is 14.5. The van der Waals surface area contributed by atoms with Crippen LogP contribution in [0.2, 0.25) is 0 Å². The van der Waals surface area contributed by atoms with E-state index in [1.807, 2.05) is 0 Å². The minimum absolute atomic E-state index is 0.0367. The third-order valence-electron chi connectivity index (χ3n) is 4.74. The van der Waals surface area contributed by atoms with Crippen LogP contribution in [0.3, 0.4) is 0 Å². The number of ether oxygens (including phenoxy) is 2. The van der Waals surface area contributed by atoms with E-state index in [2.05, 4.69) is 4.98 Å². The number of carbonyl (C=O) groups is 1. The normalized spacial score (nSPS) is 11.8. The monoisotopic (exact) mass is 487 g/mol. The van der Waals surface area contributed by atoms with Crippen LogP contribution in [0.25, 0.3) is 26.6 Å². The molecular formula is C24H16F3NO5S. The average Bonchev–Trinajstić information content (AvgIpc) is 3.14. The highest BCUT2D eigenvalue weighted by atomic mass is 32.1. The number of alkyl halides is 3.